The highest BCUT2D eigenvalue weighted by molar-refractivity contribution is 6.30. The lowest BCUT2D eigenvalue weighted by atomic mass is 10.1. The molecule has 2 rings (SSSR count). The number of ether oxygens (including phenoxy) is 2. The summed E-state index contributed by atoms with van der Waals surface area (Å²) >= 11 is 5.75. The summed E-state index contributed by atoms with van der Waals surface area (Å²) < 4.78 is 10.5. The third-order valence-corrected chi connectivity index (χ3v) is 2.39. The van der Waals surface area contributed by atoms with E-state index in [-0.39, 0.29) is 5.97 Å². The van der Waals surface area contributed by atoms with Crippen molar-refractivity contribution < 1.29 is 14.3 Å². The minimum absolute atomic E-state index is 0.359. The minimum atomic E-state index is -0.846. The third-order valence-electron chi connectivity index (χ3n) is 2.13. The summed E-state index contributed by atoms with van der Waals surface area (Å²) in [6, 6.07) is 6.96. The predicted molar refractivity (Wildman–Crippen MR) is 55.4 cm³/mol. The molecule has 1 heterocycles. The zero-order valence-electron chi connectivity index (χ0n) is 8.49. The molecule has 15 heavy (non-hydrogen) atoms. The largest absolute Gasteiger partial charge is 0.431 e. The number of benzene rings is 1. The summed E-state index contributed by atoms with van der Waals surface area (Å²) in [5.74, 6) is -1.20. The number of hydrogen-bond donors (Lipinski definition) is 0. The van der Waals surface area contributed by atoms with Gasteiger partial charge in [-0.05, 0) is 17.7 Å². The number of carbonyl (C=O) groups is 1. The number of esters is 1. The van der Waals surface area contributed by atoms with E-state index in [0.717, 1.165) is 5.56 Å². The molecule has 1 aliphatic rings. The molecule has 1 atom stereocenters. The number of rotatable bonds is 1. The van der Waals surface area contributed by atoms with Crippen LogP contribution in [-0.4, -0.2) is 11.8 Å². The monoisotopic (exact) mass is 226 g/mol. The Labute approximate surface area is 92.9 Å². The van der Waals surface area contributed by atoms with Crippen molar-refractivity contribution in [3.05, 3.63) is 34.9 Å². The van der Waals surface area contributed by atoms with Gasteiger partial charge in [0.2, 0.25) is 5.79 Å². The van der Waals surface area contributed by atoms with Gasteiger partial charge in [0.25, 0.3) is 0 Å². The van der Waals surface area contributed by atoms with E-state index in [1.165, 1.54) is 0 Å². The lowest BCUT2D eigenvalue weighted by Gasteiger charge is -2.15. The van der Waals surface area contributed by atoms with Crippen LogP contribution in [0.15, 0.2) is 24.3 Å². The van der Waals surface area contributed by atoms with Crippen LogP contribution in [0.25, 0.3) is 0 Å². The maximum atomic E-state index is 11.5. The Bertz CT molecular complexity index is 383. The minimum Gasteiger partial charge on any atom is -0.431 e. The van der Waals surface area contributed by atoms with E-state index in [2.05, 4.69) is 0 Å². The quantitative estimate of drug-likeness (QED) is 0.691. The maximum Gasteiger partial charge on any atom is 0.342 e. The van der Waals surface area contributed by atoms with Gasteiger partial charge < -0.3 is 9.47 Å². The Morgan fingerprint density at radius 1 is 1.27 bits per heavy atom. The smallest absolute Gasteiger partial charge is 0.342 e. The van der Waals surface area contributed by atoms with Crippen LogP contribution in [-0.2, 0) is 14.3 Å². The molecule has 4 heteroatoms. The average Bonchev–Trinajstić information content (AvgIpc) is 2.41. The molecule has 1 aromatic rings. The van der Waals surface area contributed by atoms with Crippen LogP contribution in [0.2, 0.25) is 5.02 Å². The van der Waals surface area contributed by atoms with Crippen LogP contribution in [0.4, 0.5) is 0 Å². The molecule has 1 saturated heterocycles. The van der Waals surface area contributed by atoms with Crippen LogP contribution >= 0.6 is 11.6 Å². The van der Waals surface area contributed by atoms with E-state index in [4.69, 9.17) is 21.1 Å². The van der Waals surface area contributed by atoms with Crippen LogP contribution < -0.4 is 0 Å². The van der Waals surface area contributed by atoms with Gasteiger partial charge in [-0.1, -0.05) is 23.7 Å². The number of carbonyl (C=O) groups excluding carboxylic acids is 1. The van der Waals surface area contributed by atoms with Crippen molar-refractivity contribution in [2.75, 3.05) is 0 Å². The first-order valence-corrected chi connectivity index (χ1v) is 5.02. The van der Waals surface area contributed by atoms with Gasteiger partial charge >= 0.3 is 5.97 Å². The molecular formula is C11H11ClO3. The summed E-state index contributed by atoms with van der Waals surface area (Å²) in [5, 5.41) is 0.629. The standard InChI is InChI=1S/C11H11ClO3/c1-11(2)14-9(10(13)15-11)7-3-5-8(12)6-4-7/h3-6,9H,1-2H3. The van der Waals surface area contributed by atoms with Crippen molar-refractivity contribution in [3.8, 4) is 0 Å². The molecular weight excluding hydrogens is 216 g/mol. The maximum absolute atomic E-state index is 11.5. The summed E-state index contributed by atoms with van der Waals surface area (Å²) in [4.78, 5) is 11.5. The third kappa shape index (κ3) is 2.13. The molecule has 80 valence electrons. The first-order chi connectivity index (χ1) is 6.98. The van der Waals surface area contributed by atoms with E-state index in [0.29, 0.717) is 5.02 Å². The molecule has 1 unspecified atom stereocenters. The lowest BCUT2D eigenvalue weighted by molar-refractivity contribution is -0.160. The second kappa shape index (κ2) is 3.51. The Balaban J connectivity index is 2.25. The van der Waals surface area contributed by atoms with Gasteiger partial charge in [0.15, 0.2) is 6.10 Å². The zero-order valence-corrected chi connectivity index (χ0v) is 9.25. The Morgan fingerprint density at radius 2 is 1.87 bits per heavy atom. The fourth-order valence-corrected chi connectivity index (χ4v) is 1.62. The molecule has 0 N–H and O–H groups in total. The van der Waals surface area contributed by atoms with Crippen LogP contribution in [0.3, 0.4) is 0 Å². The van der Waals surface area contributed by atoms with Gasteiger partial charge in [-0.25, -0.2) is 4.79 Å². The average molecular weight is 227 g/mol. The molecule has 0 radical (unpaired) electrons. The number of hydrogen-bond acceptors (Lipinski definition) is 3. The van der Waals surface area contributed by atoms with Crippen molar-refractivity contribution in [1.29, 1.82) is 0 Å². The highest BCUT2D eigenvalue weighted by Crippen LogP contribution is 2.34. The molecule has 0 aromatic heterocycles. The molecule has 0 spiro atoms. The second-order valence-corrected chi connectivity index (χ2v) is 4.31. The zero-order chi connectivity index (χ0) is 11.1. The van der Waals surface area contributed by atoms with Crippen molar-refractivity contribution in [1.82, 2.24) is 0 Å². The van der Waals surface area contributed by atoms with Crippen LogP contribution in [0, 0.1) is 0 Å². The van der Waals surface area contributed by atoms with E-state index in [9.17, 15) is 4.79 Å². The topological polar surface area (TPSA) is 35.5 Å². The summed E-state index contributed by atoms with van der Waals surface area (Å²) in [5.41, 5.74) is 0.759. The highest BCUT2D eigenvalue weighted by atomic mass is 35.5. The lowest BCUT2D eigenvalue weighted by Crippen LogP contribution is -2.20. The Kier molecular flexibility index (Phi) is 2.44. The Morgan fingerprint density at radius 3 is 2.33 bits per heavy atom. The molecule has 1 fully saturated rings. The molecule has 1 aliphatic heterocycles. The first kappa shape index (κ1) is 10.5. The summed E-state index contributed by atoms with van der Waals surface area (Å²) in [6.45, 7) is 3.42. The van der Waals surface area contributed by atoms with E-state index in [1.54, 1.807) is 38.1 Å². The highest BCUT2D eigenvalue weighted by Gasteiger charge is 2.41. The van der Waals surface area contributed by atoms with Gasteiger partial charge in [0.05, 0.1) is 0 Å². The van der Waals surface area contributed by atoms with Crippen molar-refractivity contribution in [2.45, 2.75) is 25.7 Å². The normalized spacial score (nSPS) is 23.9. The molecule has 1 aromatic carbocycles. The van der Waals surface area contributed by atoms with Gasteiger partial charge in [0, 0.05) is 18.9 Å². The molecule has 0 bridgehead atoms. The Hall–Kier alpha value is -1.06. The molecule has 0 amide bonds. The molecule has 0 saturated carbocycles. The van der Waals surface area contributed by atoms with E-state index >= 15 is 0 Å². The van der Waals surface area contributed by atoms with Gasteiger partial charge in [-0.3, -0.25) is 0 Å². The van der Waals surface area contributed by atoms with Crippen molar-refractivity contribution in [3.63, 3.8) is 0 Å². The SMILES string of the molecule is CC1(C)OC(=O)C(c2ccc(Cl)cc2)O1. The second-order valence-electron chi connectivity index (χ2n) is 3.87. The van der Waals surface area contributed by atoms with Crippen LogP contribution in [0.5, 0.6) is 0 Å². The fourth-order valence-electron chi connectivity index (χ4n) is 1.49. The van der Waals surface area contributed by atoms with Crippen molar-refractivity contribution in [2.24, 2.45) is 0 Å². The number of cyclic esters (lactones) is 1. The molecule has 3 nitrogen and oxygen atoms in total. The van der Waals surface area contributed by atoms with E-state index < -0.39 is 11.9 Å². The van der Waals surface area contributed by atoms with Crippen molar-refractivity contribution >= 4 is 17.6 Å². The van der Waals surface area contributed by atoms with Gasteiger partial charge in [0.1, 0.15) is 0 Å². The summed E-state index contributed by atoms with van der Waals surface area (Å²) in [7, 11) is 0. The number of halogens is 1. The molecule has 0 aliphatic carbocycles. The van der Waals surface area contributed by atoms with Crippen LogP contribution in [0.1, 0.15) is 25.5 Å². The van der Waals surface area contributed by atoms with Gasteiger partial charge in [-0.15, -0.1) is 0 Å². The fraction of sp³-hybridized carbons (Fsp3) is 0.364. The van der Waals surface area contributed by atoms with Gasteiger partial charge in [-0.2, -0.15) is 0 Å². The van der Waals surface area contributed by atoms with E-state index in [1.807, 2.05) is 0 Å². The summed E-state index contributed by atoms with van der Waals surface area (Å²) in [6.07, 6.45) is -0.641. The predicted octanol–water partition coefficient (Wildman–Crippen LogP) is 2.69. The first-order valence-electron chi connectivity index (χ1n) is 4.64.